The molecule has 5 aromatic carbocycles. The summed E-state index contributed by atoms with van der Waals surface area (Å²) in [5.41, 5.74) is 4.97. The first-order valence-corrected chi connectivity index (χ1v) is 15.5. The summed E-state index contributed by atoms with van der Waals surface area (Å²) >= 11 is 0. The van der Waals surface area contributed by atoms with Gasteiger partial charge in [-0.05, 0) is 72.5 Å². The molecule has 0 aliphatic carbocycles. The Labute approximate surface area is 278 Å². The molecule has 5 rings (SSSR count). The van der Waals surface area contributed by atoms with E-state index in [2.05, 4.69) is 0 Å². The molecule has 0 fully saturated rings. The lowest BCUT2D eigenvalue weighted by Crippen LogP contribution is -2.07. The molecule has 242 valence electrons. The summed E-state index contributed by atoms with van der Waals surface area (Å²) in [6.07, 6.45) is 0.170. The molecule has 0 aromatic heterocycles. The Bertz CT molecular complexity index is 1850. The Balaban J connectivity index is 1.35. The fraction of sp³-hybridized carbons (Fsp3) is 0.150. The van der Waals surface area contributed by atoms with Gasteiger partial charge in [0.2, 0.25) is 0 Å². The fourth-order valence-electron chi connectivity index (χ4n) is 5.38. The number of rotatable bonds is 12. The predicted octanol–water partition coefficient (Wildman–Crippen LogP) is 7.11. The number of ether oxygens (including phenoxy) is 2. The summed E-state index contributed by atoms with van der Waals surface area (Å²) in [4.78, 5) is 50.8. The van der Waals surface area contributed by atoms with Gasteiger partial charge < -0.3 is 19.7 Å². The number of hydrogen-bond donors (Lipinski definition) is 2. The van der Waals surface area contributed by atoms with Gasteiger partial charge in [0.1, 0.15) is 11.5 Å². The molecule has 0 aliphatic rings. The van der Waals surface area contributed by atoms with Crippen LogP contribution in [0.3, 0.4) is 0 Å². The van der Waals surface area contributed by atoms with Crippen molar-refractivity contribution in [2.45, 2.75) is 26.7 Å². The lowest BCUT2D eigenvalue weighted by molar-refractivity contribution is -0.143. The molecule has 0 saturated carbocycles. The molecule has 8 nitrogen and oxygen atoms in total. The number of ketones is 2. The van der Waals surface area contributed by atoms with Gasteiger partial charge in [-0.25, -0.2) is 0 Å². The van der Waals surface area contributed by atoms with Gasteiger partial charge in [0.05, 0.1) is 26.1 Å². The molecule has 0 bridgehead atoms. The van der Waals surface area contributed by atoms with Crippen LogP contribution in [0, 0.1) is 0 Å². The van der Waals surface area contributed by atoms with Crippen LogP contribution in [0.1, 0.15) is 56.8 Å². The molecule has 0 spiro atoms. The van der Waals surface area contributed by atoms with E-state index in [0.717, 1.165) is 0 Å². The van der Waals surface area contributed by atoms with Crippen molar-refractivity contribution in [2.24, 2.45) is 0 Å². The molecule has 2 N–H and O–H groups in total. The largest absolute Gasteiger partial charge is 0.507 e. The van der Waals surface area contributed by atoms with E-state index < -0.39 is 0 Å². The van der Waals surface area contributed by atoms with Crippen LogP contribution >= 0.6 is 0 Å². The molecule has 0 atom stereocenters. The molecule has 5 aromatic rings. The van der Waals surface area contributed by atoms with Crippen molar-refractivity contribution in [1.82, 2.24) is 0 Å². The van der Waals surface area contributed by atoms with Crippen LogP contribution < -0.4 is 0 Å². The maximum Gasteiger partial charge on any atom is 0.310 e. The Morgan fingerprint density at radius 1 is 0.500 bits per heavy atom. The van der Waals surface area contributed by atoms with E-state index in [1.807, 2.05) is 0 Å². The average Bonchev–Trinajstić information content (AvgIpc) is 3.08. The highest BCUT2D eigenvalue weighted by Crippen LogP contribution is 2.33. The van der Waals surface area contributed by atoms with E-state index in [1.54, 1.807) is 98.8 Å². The second-order valence-electron chi connectivity index (χ2n) is 11.1. The first kappa shape index (κ1) is 33.3. The maximum atomic E-state index is 13.5. The van der Waals surface area contributed by atoms with Gasteiger partial charge in [-0.3, -0.25) is 19.2 Å². The van der Waals surface area contributed by atoms with Crippen LogP contribution in [0.15, 0.2) is 109 Å². The molecule has 0 heterocycles. The molecule has 0 aliphatic heterocycles. The van der Waals surface area contributed by atoms with Crippen molar-refractivity contribution in [1.29, 1.82) is 0 Å². The topological polar surface area (TPSA) is 127 Å². The van der Waals surface area contributed by atoms with Gasteiger partial charge in [0.15, 0.2) is 11.6 Å². The van der Waals surface area contributed by atoms with E-state index in [-0.39, 0.29) is 61.1 Å². The van der Waals surface area contributed by atoms with E-state index in [1.165, 1.54) is 24.3 Å². The van der Waals surface area contributed by atoms with E-state index in [4.69, 9.17) is 9.47 Å². The Morgan fingerprint density at radius 2 is 0.875 bits per heavy atom. The molecule has 0 amide bonds. The summed E-state index contributed by atoms with van der Waals surface area (Å²) in [5, 5.41) is 21.2. The normalized spacial score (nSPS) is 10.7. The number of phenols is 2. The second-order valence-corrected chi connectivity index (χ2v) is 11.1. The third-order valence-corrected chi connectivity index (χ3v) is 7.71. The van der Waals surface area contributed by atoms with E-state index in [0.29, 0.717) is 55.6 Å². The van der Waals surface area contributed by atoms with Gasteiger partial charge in [-0.1, -0.05) is 72.8 Å². The molecule has 0 radical (unpaired) electrons. The highest BCUT2D eigenvalue weighted by molar-refractivity contribution is 6.12. The van der Waals surface area contributed by atoms with Gasteiger partial charge >= 0.3 is 11.9 Å². The fourth-order valence-corrected chi connectivity index (χ4v) is 5.38. The highest BCUT2D eigenvalue weighted by Gasteiger charge is 2.17. The smallest absolute Gasteiger partial charge is 0.310 e. The molecular formula is C40H34O8. The van der Waals surface area contributed by atoms with Gasteiger partial charge in [0.25, 0.3) is 0 Å². The van der Waals surface area contributed by atoms with Crippen LogP contribution in [-0.4, -0.2) is 46.9 Å². The molecule has 0 saturated heterocycles. The molecule has 8 heteroatoms. The number of carbonyl (C=O) groups excluding carboxylic acids is 4. The molecular weight excluding hydrogens is 608 g/mol. The number of carbonyl (C=O) groups is 4. The van der Waals surface area contributed by atoms with E-state index >= 15 is 0 Å². The zero-order valence-electron chi connectivity index (χ0n) is 26.6. The minimum atomic E-state index is -0.354. The van der Waals surface area contributed by atoms with Crippen molar-refractivity contribution < 1.29 is 38.9 Å². The SMILES string of the molecule is CCOC(=O)Cc1cccc(-c2cc(C(=O)c3ccc(C(=O)c4ccc(O)c(-c5cccc(CC(=O)OCC)c5)c4)cc3)ccc2O)c1. The average molecular weight is 643 g/mol. The number of esters is 2. The molecule has 48 heavy (non-hydrogen) atoms. The second kappa shape index (κ2) is 15.0. The number of hydrogen-bond acceptors (Lipinski definition) is 8. The minimum Gasteiger partial charge on any atom is -0.507 e. The number of phenolic OH excluding ortho intramolecular Hbond substituents is 2. The van der Waals surface area contributed by atoms with Crippen LogP contribution in [0.25, 0.3) is 22.3 Å². The van der Waals surface area contributed by atoms with Crippen LogP contribution in [0.5, 0.6) is 11.5 Å². The van der Waals surface area contributed by atoms with Crippen molar-refractivity contribution in [3.63, 3.8) is 0 Å². The summed E-state index contributed by atoms with van der Waals surface area (Å²) in [5.74, 6) is -1.33. The Hall–Kier alpha value is -6.02. The van der Waals surface area contributed by atoms with Crippen molar-refractivity contribution in [3.8, 4) is 33.8 Å². The lowest BCUT2D eigenvalue weighted by Gasteiger charge is -2.11. The summed E-state index contributed by atoms with van der Waals surface area (Å²) in [6, 6.07) is 29.7. The van der Waals surface area contributed by atoms with Crippen LogP contribution in [-0.2, 0) is 31.9 Å². The van der Waals surface area contributed by atoms with Crippen LogP contribution in [0.2, 0.25) is 0 Å². The zero-order valence-corrected chi connectivity index (χ0v) is 26.6. The third kappa shape index (κ3) is 7.85. The summed E-state index contributed by atoms with van der Waals surface area (Å²) < 4.78 is 10.1. The lowest BCUT2D eigenvalue weighted by atomic mass is 9.94. The Morgan fingerprint density at radius 3 is 1.25 bits per heavy atom. The van der Waals surface area contributed by atoms with Gasteiger partial charge in [-0.15, -0.1) is 0 Å². The van der Waals surface area contributed by atoms with Crippen molar-refractivity contribution >= 4 is 23.5 Å². The van der Waals surface area contributed by atoms with Crippen molar-refractivity contribution in [2.75, 3.05) is 13.2 Å². The van der Waals surface area contributed by atoms with Gasteiger partial charge in [0, 0.05) is 33.4 Å². The minimum absolute atomic E-state index is 0.0141. The standard InChI is InChI=1S/C40H34O8/c1-3-47-37(43)21-25-7-5-9-29(19-25)33-23-31(15-17-35(33)41)39(45)27-11-13-28(14-12-27)40(46)32-16-18-36(42)34(24-32)30-10-6-8-26(20-30)22-38(44)48-4-2/h5-20,23-24,41-42H,3-4,21-22H2,1-2H3. The quantitative estimate of drug-likeness (QED) is 0.109. The summed E-state index contributed by atoms with van der Waals surface area (Å²) in [7, 11) is 0. The summed E-state index contributed by atoms with van der Waals surface area (Å²) in [6.45, 7) is 4.05. The zero-order chi connectivity index (χ0) is 34.2. The molecule has 0 unspecified atom stereocenters. The maximum absolute atomic E-state index is 13.5. The predicted molar refractivity (Wildman–Crippen MR) is 181 cm³/mol. The highest BCUT2D eigenvalue weighted by atomic mass is 16.5. The third-order valence-electron chi connectivity index (χ3n) is 7.71. The number of aromatic hydroxyl groups is 2. The monoisotopic (exact) mass is 642 g/mol. The van der Waals surface area contributed by atoms with Crippen molar-refractivity contribution in [3.05, 3.63) is 143 Å². The first-order valence-electron chi connectivity index (χ1n) is 15.5. The van der Waals surface area contributed by atoms with Crippen LogP contribution in [0.4, 0.5) is 0 Å². The first-order chi connectivity index (χ1) is 23.2. The van der Waals surface area contributed by atoms with Gasteiger partial charge in [-0.2, -0.15) is 0 Å². The number of benzene rings is 5. The van der Waals surface area contributed by atoms with E-state index in [9.17, 15) is 29.4 Å². The Kier molecular flexibility index (Phi) is 10.5.